The third-order valence-electron chi connectivity index (χ3n) is 6.37. The zero-order chi connectivity index (χ0) is 43.5. The van der Waals surface area contributed by atoms with Gasteiger partial charge in [0.2, 0.25) is 0 Å². The summed E-state index contributed by atoms with van der Waals surface area (Å²) in [5.41, 5.74) is 0. The van der Waals surface area contributed by atoms with E-state index in [0.29, 0.717) is 0 Å². The molecule has 0 heterocycles. The van der Waals surface area contributed by atoms with Crippen LogP contribution in [0.15, 0.2) is 0 Å². The molecule has 0 aromatic heterocycles. The van der Waals surface area contributed by atoms with Crippen molar-refractivity contribution in [1.82, 2.24) is 0 Å². The average Bonchev–Trinajstić information content (AvgIpc) is 2.93. The van der Waals surface area contributed by atoms with Crippen LogP contribution in [0.4, 0.5) is 132 Å². The normalized spacial score (nSPS) is 17.0. The van der Waals surface area contributed by atoms with Crippen molar-refractivity contribution in [3.8, 4) is 0 Å². The van der Waals surface area contributed by atoms with E-state index < -0.39 is 142 Å². The van der Waals surface area contributed by atoms with Crippen LogP contribution >= 0.6 is 23.5 Å². The number of hydrogen-bond donors (Lipinski definition) is 1. The molecule has 0 aromatic rings. The number of aliphatic hydroxyl groups is 1. The largest absolute Gasteiger partial charge is 0.460 e. The molecule has 0 aliphatic rings. The van der Waals surface area contributed by atoms with E-state index >= 15 is 0 Å². The van der Waals surface area contributed by atoms with Gasteiger partial charge in [-0.15, -0.1) is 23.5 Å². The quantitative estimate of drug-likeness (QED) is 0.103. The predicted octanol–water partition coefficient (Wildman–Crippen LogP) is 11.3. The number of alkyl halides is 30. The average molecular weight is 902 g/mol. The molecule has 53 heavy (non-hydrogen) atoms. The molecule has 1 unspecified atom stereocenters. The van der Waals surface area contributed by atoms with E-state index in [1.807, 2.05) is 0 Å². The minimum Gasteiger partial charge on any atom is -0.394 e. The summed E-state index contributed by atoms with van der Waals surface area (Å²) in [6.45, 7) is -1.74. The number of rotatable bonds is 19. The third-order valence-corrected chi connectivity index (χ3v) is 9.11. The Kier molecular flexibility index (Phi) is 14.1. The molecule has 0 radical (unpaired) electrons. The second-order valence-electron chi connectivity index (χ2n) is 10.0. The Balaban J connectivity index is 6.04. The highest BCUT2D eigenvalue weighted by atomic mass is 32.2. The van der Waals surface area contributed by atoms with Crippen molar-refractivity contribution < 1.29 is 137 Å². The maximum atomic E-state index is 13.9. The highest BCUT2D eigenvalue weighted by molar-refractivity contribution is 8.17. The Morgan fingerprint density at radius 1 is 0.302 bits per heavy atom. The summed E-state index contributed by atoms with van der Waals surface area (Å²) in [7, 11) is 0. The first-order chi connectivity index (χ1) is 22.6. The van der Waals surface area contributed by atoms with E-state index in [4.69, 9.17) is 5.11 Å². The fourth-order valence-electron chi connectivity index (χ4n) is 3.10. The fourth-order valence-corrected chi connectivity index (χ4v) is 5.55. The van der Waals surface area contributed by atoms with Gasteiger partial charge in [-0.2, -0.15) is 132 Å². The van der Waals surface area contributed by atoms with E-state index in [9.17, 15) is 132 Å². The fraction of sp³-hybridized carbons (Fsp3) is 1.00. The van der Waals surface area contributed by atoms with E-state index in [1.165, 1.54) is 0 Å². The summed E-state index contributed by atoms with van der Waals surface area (Å²) in [6.07, 6.45) is -21.9. The first kappa shape index (κ1) is 51.6. The molecule has 1 N–H and O–H groups in total. The van der Waals surface area contributed by atoms with Crippen molar-refractivity contribution >= 4 is 23.5 Å². The van der Waals surface area contributed by atoms with Gasteiger partial charge in [0.05, 0.1) is 11.2 Å². The third kappa shape index (κ3) is 7.94. The van der Waals surface area contributed by atoms with Gasteiger partial charge in [-0.05, 0) is 0 Å². The molecule has 0 saturated carbocycles. The van der Waals surface area contributed by atoms with Crippen LogP contribution in [0.25, 0.3) is 0 Å². The number of halogens is 30. The molecule has 0 amide bonds. The maximum absolute atomic E-state index is 13.9. The van der Waals surface area contributed by atoms with E-state index in [1.54, 1.807) is 0 Å². The number of thioether (sulfide) groups is 2. The standard InChI is InChI=1S/C20H12F30OS2/c21-7(22,9(25,26)11(29,30)13(33,34)14(35,36)16(39,40)18(43,44)20(48,49)50)1-3-52-6(5-51)53-4-2-8(23,24)10(27,28)12(31,32)15(37,38)17(41,42)19(45,46)47/h6,51H,1-5H2. The van der Waals surface area contributed by atoms with Crippen molar-refractivity contribution in [1.29, 1.82) is 0 Å². The van der Waals surface area contributed by atoms with Crippen LogP contribution in [0.5, 0.6) is 0 Å². The summed E-state index contributed by atoms with van der Waals surface area (Å²) in [4.78, 5) is 0. The Labute approximate surface area is 280 Å². The smallest absolute Gasteiger partial charge is 0.394 e. The van der Waals surface area contributed by atoms with Gasteiger partial charge in [0.15, 0.2) is 0 Å². The van der Waals surface area contributed by atoms with Gasteiger partial charge >= 0.3 is 83.4 Å². The van der Waals surface area contributed by atoms with Crippen molar-refractivity contribution in [2.24, 2.45) is 0 Å². The van der Waals surface area contributed by atoms with Crippen LogP contribution in [0.3, 0.4) is 0 Å². The van der Waals surface area contributed by atoms with Crippen LogP contribution in [0, 0.1) is 0 Å². The van der Waals surface area contributed by atoms with Crippen molar-refractivity contribution in [2.45, 2.75) is 101 Å². The highest BCUT2D eigenvalue weighted by Crippen LogP contribution is 2.65. The maximum Gasteiger partial charge on any atom is 0.460 e. The minimum absolute atomic E-state index is 0.636. The van der Waals surface area contributed by atoms with Gasteiger partial charge in [0, 0.05) is 24.3 Å². The summed E-state index contributed by atoms with van der Waals surface area (Å²) >= 11 is -1.31. The van der Waals surface area contributed by atoms with Gasteiger partial charge in [-0.1, -0.05) is 0 Å². The van der Waals surface area contributed by atoms with Gasteiger partial charge in [-0.3, -0.25) is 0 Å². The van der Waals surface area contributed by atoms with Gasteiger partial charge < -0.3 is 5.11 Å². The van der Waals surface area contributed by atoms with Gasteiger partial charge in [0.1, 0.15) is 0 Å². The summed E-state index contributed by atoms with van der Waals surface area (Å²) in [5.74, 6) is -102. The van der Waals surface area contributed by atoms with E-state index in [0.717, 1.165) is 0 Å². The second-order valence-corrected chi connectivity index (χ2v) is 12.9. The van der Waals surface area contributed by atoms with E-state index in [2.05, 4.69) is 0 Å². The van der Waals surface area contributed by atoms with Gasteiger partial charge in [-0.25, -0.2) is 0 Å². The van der Waals surface area contributed by atoms with Crippen molar-refractivity contribution in [3.05, 3.63) is 0 Å². The molecular formula is C20H12F30OS2. The lowest BCUT2D eigenvalue weighted by atomic mass is 9.88. The highest BCUT2D eigenvalue weighted by Gasteiger charge is 2.95. The Bertz CT molecular complexity index is 1230. The molecule has 0 bridgehead atoms. The van der Waals surface area contributed by atoms with Crippen LogP contribution in [-0.2, 0) is 0 Å². The molecule has 0 aliphatic heterocycles. The number of hydrogen-bond acceptors (Lipinski definition) is 3. The summed E-state index contributed by atoms with van der Waals surface area (Å²) in [6, 6.07) is 0. The Hall–Kier alpha value is -1.44. The topological polar surface area (TPSA) is 20.2 Å². The Morgan fingerprint density at radius 2 is 0.491 bits per heavy atom. The molecule has 1 atom stereocenters. The van der Waals surface area contributed by atoms with Gasteiger partial charge in [0.25, 0.3) is 0 Å². The molecule has 33 heteroatoms. The lowest BCUT2D eigenvalue weighted by Crippen LogP contribution is -2.74. The zero-order valence-corrected chi connectivity index (χ0v) is 25.3. The Morgan fingerprint density at radius 3 is 0.679 bits per heavy atom. The molecule has 0 saturated heterocycles. The first-order valence-electron chi connectivity index (χ1n) is 12.1. The SMILES string of the molecule is OCC(SCCC(F)(F)C(F)(F)C(F)(F)C(F)(F)C(F)(F)C(F)(F)F)SCCC(F)(F)C(F)(F)C(F)(F)C(F)(F)C(F)(F)C(F)(F)C(F)(F)C(F)(F)F. The first-order valence-corrected chi connectivity index (χ1v) is 14.2. The summed E-state index contributed by atoms with van der Waals surface area (Å²) in [5, 5.41) is 8.99. The summed E-state index contributed by atoms with van der Waals surface area (Å²) < 4.78 is 394. The lowest BCUT2D eigenvalue weighted by Gasteiger charge is -2.42. The van der Waals surface area contributed by atoms with Crippen LogP contribution in [-0.4, -0.2) is 111 Å². The lowest BCUT2D eigenvalue weighted by molar-refractivity contribution is -0.461. The second kappa shape index (κ2) is 14.5. The zero-order valence-electron chi connectivity index (χ0n) is 23.7. The van der Waals surface area contributed by atoms with Crippen molar-refractivity contribution in [2.75, 3.05) is 18.1 Å². The molecule has 0 aliphatic carbocycles. The molecule has 1 nitrogen and oxygen atoms in total. The molecular weight excluding hydrogens is 890 g/mol. The predicted molar refractivity (Wildman–Crippen MR) is 116 cm³/mol. The van der Waals surface area contributed by atoms with Crippen LogP contribution in [0.1, 0.15) is 12.8 Å². The van der Waals surface area contributed by atoms with Crippen LogP contribution in [0.2, 0.25) is 0 Å². The molecule has 0 spiro atoms. The minimum atomic E-state index is -8.94. The molecule has 0 rings (SSSR count). The monoisotopic (exact) mass is 902 g/mol. The van der Waals surface area contributed by atoms with Crippen LogP contribution < -0.4 is 0 Å². The molecule has 320 valence electrons. The molecule has 0 fully saturated rings. The molecule has 0 aromatic carbocycles. The van der Waals surface area contributed by atoms with Crippen molar-refractivity contribution in [3.63, 3.8) is 0 Å². The van der Waals surface area contributed by atoms with E-state index in [-0.39, 0.29) is 0 Å². The number of aliphatic hydroxyl groups excluding tert-OH is 1.